The summed E-state index contributed by atoms with van der Waals surface area (Å²) in [5.41, 5.74) is 0. The first-order valence-electron chi connectivity index (χ1n) is 7.86. The third-order valence-corrected chi connectivity index (χ3v) is 7.08. The molecule has 0 radical (unpaired) electrons. The first-order chi connectivity index (χ1) is 9.95. The Bertz CT molecular complexity index is 422. The van der Waals surface area contributed by atoms with Crippen molar-refractivity contribution >= 4 is 29.1 Å². The van der Waals surface area contributed by atoms with E-state index in [0.29, 0.717) is 23.9 Å². The molecule has 4 nitrogen and oxygen atoms in total. The number of hydrogen-bond acceptors (Lipinski definition) is 3. The van der Waals surface area contributed by atoms with Crippen LogP contribution >= 0.6 is 23.2 Å². The highest BCUT2D eigenvalue weighted by Crippen LogP contribution is 2.49. The van der Waals surface area contributed by atoms with E-state index in [0.717, 1.165) is 25.8 Å². The van der Waals surface area contributed by atoms with E-state index >= 15 is 0 Å². The molecule has 1 saturated carbocycles. The number of fused-ring (bicyclic) bond motifs is 3. The maximum atomic E-state index is 11.9. The maximum Gasteiger partial charge on any atom is 0.248 e. The van der Waals surface area contributed by atoms with Crippen molar-refractivity contribution < 1.29 is 9.90 Å². The van der Waals surface area contributed by atoms with Crippen molar-refractivity contribution in [3.8, 4) is 0 Å². The summed E-state index contributed by atoms with van der Waals surface area (Å²) in [6.45, 7) is 2.42. The Balaban J connectivity index is 1.83. The molecule has 0 aromatic heterocycles. The number of carbonyl (C=O) groups is 1. The summed E-state index contributed by atoms with van der Waals surface area (Å²) in [5, 5.41) is 9.20. The van der Waals surface area contributed by atoms with Crippen LogP contribution in [0.15, 0.2) is 0 Å². The van der Waals surface area contributed by atoms with E-state index < -0.39 is 6.61 Å². The first kappa shape index (κ1) is 15.9. The Hall–Kier alpha value is -0.0300. The highest BCUT2D eigenvalue weighted by molar-refractivity contribution is 6.30. The molecule has 2 saturated heterocycles. The number of carbonyl (C=O) groups excluding carboxylic acids is 1. The molecule has 1 aliphatic carbocycles. The fraction of sp³-hybridized carbons (Fsp3) is 0.933. The van der Waals surface area contributed by atoms with Crippen LogP contribution in [-0.4, -0.2) is 69.9 Å². The van der Waals surface area contributed by atoms with Crippen molar-refractivity contribution in [1.82, 2.24) is 9.80 Å². The fourth-order valence-corrected chi connectivity index (χ4v) is 5.62. The lowest BCUT2D eigenvalue weighted by molar-refractivity contribution is -0.139. The van der Waals surface area contributed by atoms with Gasteiger partial charge in [-0.1, -0.05) is 0 Å². The molecule has 1 N–H and O–H groups in total. The van der Waals surface area contributed by atoms with Crippen LogP contribution in [0.1, 0.15) is 26.2 Å². The summed E-state index contributed by atoms with van der Waals surface area (Å²) in [7, 11) is 2.16. The second-order valence-electron chi connectivity index (χ2n) is 6.88. The second kappa shape index (κ2) is 5.88. The van der Waals surface area contributed by atoms with Gasteiger partial charge in [-0.15, -0.1) is 23.2 Å². The van der Waals surface area contributed by atoms with Gasteiger partial charge in [0.05, 0.1) is 10.8 Å². The van der Waals surface area contributed by atoms with Gasteiger partial charge in [0.25, 0.3) is 0 Å². The van der Waals surface area contributed by atoms with Crippen molar-refractivity contribution in [2.24, 2.45) is 11.8 Å². The number of amides is 1. The Kier molecular flexibility index (Phi) is 4.44. The van der Waals surface area contributed by atoms with Gasteiger partial charge in [0, 0.05) is 24.7 Å². The van der Waals surface area contributed by atoms with Gasteiger partial charge in [-0.3, -0.25) is 9.69 Å². The molecular weight excluding hydrogens is 311 g/mol. The standard InChI is InChI=1S/C15H24Cl2N2O2/c1-8-5-12-10(6-19(8)13(21)7-20)9-3-4-11(16)14(17)15(9)18(12)2/h8-12,14-15,20H,3-7H2,1-2H3/t8-,9?,10?,11?,12?,14?,15?/m1/s1. The van der Waals surface area contributed by atoms with Gasteiger partial charge >= 0.3 is 0 Å². The predicted molar refractivity (Wildman–Crippen MR) is 83.7 cm³/mol. The summed E-state index contributed by atoms with van der Waals surface area (Å²) in [5.74, 6) is 0.816. The number of rotatable bonds is 1. The zero-order valence-corrected chi connectivity index (χ0v) is 14.1. The highest BCUT2D eigenvalue weighted by Gasteiger charge is 2.55. The van der Waals surface area contributed by atoms with Crippen molar-refractivity contribution in [3.05, 3.63) is 0 Å². The maximum absolute atomic E-state index is 11.9. The largest absolute Gasteiger partial charge is 0.387 e. The number of nitrogens with zero attached hydrogens (tertiary/aromatic N) is 2. The van der Waals surface area contributed by atoms with E-state index in [1.54, 1.807) is 0 Å². The molecule has 2 heterocycles. The number of likely N-dealkylation sites (tertiary alicyclic amines) is 2. The van der Waals surface area contributed by atoms with Crippen LogP contribution < -0.4 is 0 Å². The fourth-order valence-electron chi connectivity index (χ4n) is 4.85. The average molecular weight is 335 g/mol. The molecule has 21 heavy (non-hydrogen) atoms. The van der Waals surface area contributed by atoms with Gasteiger partial charge in [-0.2, -0.15) is 0 Å². The van der Waals surface area contributed by atoms with E-state index in [2.05, 4.69) is 18.9 Å². The van der Waals surface area contributed by atoms with Gasteiger partial charge in [0.1, 0.15) is 6.61 Å². The van der Waals surface area contributed by atoms with E-state index in [9.17, 15) is 4.79 Å². The lowest BCUT2D eigenvalue weighted by Crippen LogP contribution is -2.53. The molecule has 6 unspecified atom stereocenters. The monoisotopic (exact) mass is 334 g/mol. The summed E-state index contributed by atoms with van der Waals surface area (Å²) in [4.78, 5) is 16.2. The number of alkyl halides is 2. The smallest absolute Gasteiger partial charge is 0.248 e. The lowest BCUT2D eigenvalue weighted by atomic mass is 9.75. The minimum absolute atomic E-state index is 0.0154. The van der Waals surface area contributed by atoms with E-state index in [1.165, 1.54) is 0 Å². The molecule has 120 valence electrons. The molecule has 6 heteroatoms. The lowest BCUT2D eigenvalue weighted by Gasteiger charge is -2.42. The van der Waals surface area contributed by atoms with Crippen molar-refractivity contribution in [1.29, 1.82) is 0 Å². The van der Waals surface area contributed by atoms with E-state index in [4.69, 9.17) is 28.3 Å². The summed E-state index contributed by atoms with van der Waals surface area (Å²) < 4.78 is 0. The van der Waals surface area contributed by atoms with Crippen molar-refractivity contribution in [3.63, 3.8) is 0 Å². The quantitative estimate of drug-likeness (QED) is 0.739. The average Bonchev–Trinajstić information content (AvgIpc) is 2.74. The zero-order valence-electron chi connectivity index (χ0n) is 12.6. The van der Waals surface area contributed by atoms with Crippen LogP contribution in [0.25, 0.3) is 0 Å². The number of aliphatic hydroxyl groups excluding tert-OH is 1. The number of hydrogen-bond donors (Lipinski definition) is 1. The van der Waals surface area contributed by atoms with Gasteiger partial charge in [0.15, 0.2) is 0 Å². The van der Waals surface area contributed by atoms with E-state index in [-0.39, 0.29) is 22.7 Å². The number of piperidine rings is 1. The summed E-state index contributed by atoms with van der Waals surface area (Å²) >= 11 is 13.0. The van der Waals surface area contributed by atoms with Crippen molar-refractivity contribution in [2.45, 2.75) is 55.1 Å². The van der Waals surface area contributed by atoms with Crippen LogP contribution in [0.5, 0.6) is 0 Å². The Labute approximate surface area is 136 Å². The Morgan fingerprint density at radius 2 is 2.00 bits per heavy atom. The molecule has 0 aromatic carbocycles. The Morgan fingerprint density at radius 3 is 2.67 bits per heavy atom. The molecule has 3 rings (SSSR count). The molecule has 3 aliphatic rings. The minimum atomic E-state index is -0.395. The molecular formula is C15H24Cl2N2O2. The van der Waals surface area contributed by atoms with Gasteiger partial charge in [0.2, 0.25) is 5.91 Å². The normalized spacial score (nSPS) is 47.1. The van der Waals surface area contributed by atoms with Crippen LogP contribution in [-0.2, 0) is 4.79 Å². The van der Waals surface area contributed by atoms with Gasteiger partial charge < -0.3 is 10.0 Å². The van der Waals surface area contributed by atoms with Crippen LogP contribution in [0.3, 0.4) is 0 Å². The molecule has 0 aromatic rings. The second-order valence-corrected chi connectivity index (χ2v) is 7.94. The topological polar surface area (TPSA) is 43.8 Å². The highest BCUT2D eigenvalue weighted by atomic mass is 35.5. The van der Waals surface area contributed by atoms with Crippen LogP contribution in [0, 0.1) is 11.8 Å². The minimum Gasteiger partial charge on any atom is -0.387 e. The first-order valence-corrected chi connectivity index (χ1v) is 8.73. The van der Waals surface area contributed by atoms with Gasteiger partial charge in [-0.25, -0.2) is 0 Å². The van der Waals surface area contributed by atoms with Crippen LogP contribution in [0.2, 0.25) is 0 Å². The summed E-state index contributed by atoms with van der Waals surface area (Å²) in [6.07, 6.45) is 3.00. The Morgan fingerprint density at radius 1 is 1.29 bits per heavy atom. The third kappa shape index (κ3) is 2.48. The third-order valence-electron chi connectivity index (χ3n) is 5.90. The number of aliphatic hydroxyl groups is 1. The molecule has 0 bridgehead atoms. The SMILES string of the molecule is C[C@@H]1CC2C(CN1C(=O)CO)C1CCC(Cl)C(Cl)C1N2C. The molecule has 0 spiro atoms. The molecule has 2 aliphatic heterocycles. The molecule has 7 atom stereocenters. The van der Waals surface area contributed by atoms with Crippen molar-refractivity contribution in [2.75, 3.05) is 20.2 Å². The summed E-state index contributed by atoms with van der Waals surface area (Å²) in [6, 6.07) is 0.962. The number of halogens is 2. The van der Waals surface area contributed by atoms with E-state index in [1.807, 2.05) is 4.90 Å². The predicted octanol–water partition coefficient (Wildman–Crippen LogP) is 1.52. The van der Waals surface area contributed by atoms with Gasteiger partial charge in [-0.05, 0) is 45.1 Å². The molecule has 3 fully saturated rings. The van der Waals surface area contributed by atoms with Crippen LogP contribution in [0.4, 0.5) is 0 Å². The molecule has 1 amide bonds. The zero-order chi connectivity index (χ0) is 15.3.